The van der Waals surface area contributed by atoms with Crippen molar-refractivity contribution in [2.24, 2.45) is 0 Å². The molecule has 1 aromatic heterocycles. The molecule has 1 heterocycles. The average molecular weight is 411 g/mol. The Morgan fingerprint density at radius 1 is 0.577 bits per heavy atom. The van der Waals surface area contributed by atoms with E-state index in [1.807, 2.05) is 0 Å². The first-order chi connectivity index (χ1) is 11.8. The van der Waals surface area contributed by atoms with Crippen molar-refractivity contribution >= 4 is 37.2 Å². The highest BCUT2D eigenvalue weighted by Gasteiger charge is 2.49. The lowest BCUT2D eigenvalue weighted by Crippen LogP contribution is -2.58. The van der Waals surface area contributed by atoms with Gasteiger partial charge in [-0.2, -0.15) is 11.3 Å². The standard InChI is InChI=1S/C23H46SSi2/c1-15(2)25(16(3)4,17(5)6)22-14-23(24-21(22)13)26(18(7)8,19(9)10)20(11)12/h14-20H,1-13H3. The van der Waals surface area contributed by atoms with Gasteiger partial charge in [-0.3, -0.25) is 0 Å². The summed E-state index contributed by atoms with van der Waals surface area (Å²) in [6.07, 6.45) is 0. The van der Waals surface area contributed by atoms with Crippen molar-refractivity contribution in [3.63, 3.8) is 0 Å². The first-order valence-electron chi connectivity index (χ1n) is 10.9. The molecule has 0 aromatic carbocycles. The van der Waals surface area contributed by atoms with E-state index >= 15 is 0 Å². The summed E-state index contributed by atoms with van der Waals surface area (Å²) in [5.74, 6) is 0. The molecule has 0 unspecified atom stereocenters. The summed E-state index contributed by atoms with van der Waals surface area (Å²) in [6, 6.07) is 2.76. The third-order valence-electron chi connectivity index (χ3n) is 7.54. The van der Waals surface area contributed by atoms with Crippen LogP contribution in [-0.4, -0.2) is 16.1 Å². The van der Waals surface area contributed by atoms with Gasteiger partial charge < -0.3 is 0 Å². The van der Waals surface area contributed by atoms with Crippen LogP contribution in [0.15, 0.2) is 6.07 Å². The molecule has 1 aromatic rings. The predicted molar refractivity (Wildman–Crippen MR) is 130 cm³/mol. The Balaban J connectivity index is 3.80. The van der Waals surface area contributed by atoms with E-state index in [1.54, 1.807) is 14.6 Å². The van der Waals surface area contributed by atoms with Gasteiger partial charge in [0.25, 0.3) is 0 Å². The zero-order valence-corrected chi connectivity index (χ0v) is 22.8. The fraction of sp³-hybridized carbons (Fsp3) is 0.826. The lowest BCUT2D eigenvalue weighted by molar-refractivity contribution is 0.833. The lowest BCUT2D eigenvalue weighted by Gasteiger charge is -2.44. The van der Waals surface area contributed by atoms with E-state index in [-0.39, 0.29) is 0 Å². The van der Waals surface area contributed by atoms with Gasteiger partial charge in [-0.15, -0.1) is 0 Å². The van der Waals surface area contributed by atoms with Crippen LogP contribution in [0.1, 0.15) is 88.0 Å². The summed E-state index contributed by atoms with van der Waals surface area (Å²) in [6.45, 7) is 32.4. The average Bonchev–Trinajstić information content (AvgIpc) is 2.79. The zero-order chi connectivity index (χ0) is 20.6. The minimum absolute atomic E-state index is 0.789. The first-order valence-corrected chi connectivity index (χ1v) is 16.2. The maximum absolute atomic E-state index is 2.76. The van der Waals surface area contributed by atoms with Crippen molar-refractivity contribution in [1.82, 2.24) is 0 Å². The molecule has 1 rings (SSSR count). The fourth-order valence-corrected chi connectivity index (χ4v) is 24.8. The van der Waals surface area contributed by atoms with Crippen molar-refractivity contribution in [3.05, 3.63) is 10.9 Å². The second-order valence-electron chi connectivity index (χ2n) is 10.4. The van der Waals surface area contributed by atoms with Crippen LogP contribution in [-0.2, 0) is 0 Å². The highest BCUT2D eigenvalue weighted by atomic mass is 32.1. The molecule has 0 amide bonds. The van der Waals surface area contributed by atoms with Crippen LogP contribution in [0.3, 0.4) is 0 Å². The third-order valence-corrected chi connectivity index (χ3v) is 23.9. The number of rotatable bonds is 8. The molecular formula is C23H46SSi2. The van der Waals surface area contributed by atoms with Crippen LogP contribution in [0.25, 0.3) is 0 Å². The van der Waals surface area contributed by atoms with E-state index in [0.717, 1.165) is 33.2 Å². The molecule has 0 bridgehead atoms. The van der Waals surface area contributed by atoms with E-state index < -0.39 is 16.1 Å². The molecule has 0 fully saturated rings. The van der Waals surface area contributed by atoms with Crippen molar-refractivity contribution in [3.8, 4) is 0 Å². The molecular weight excluding hydrogens is 364 g/mol. The second kappa shape index (κ2) is 8.65. The van der Waals surface area contributed by atoms with Crippen molar-refractivity contribution in [2.75, 3.05) is 0 Å². The van der Waals surface area contributed by atoms with Crippen molar-refractivity contribution in [1.29, 1.82) is 0 Å². The SMILES string of the molecule is Cc1sc([Si](C(C)C)(C(C)C)C(C)C)cc1[Si](C(C)C)(C(C)C)C(C)C. The van der Waals surface area contributed by atoms with Gasteiger partial charge in [-0.05, 0) is 49.9 Å². The van der Waals surface area contributed by atoms with E-state index in [9.17, 15) is 0 Å². The number of aryl methyl sites for hydroxylation is 1. The Bertz CT molecular complexity index is 535. The number of hydrogen-bond acceptors (Lipinski definition) is 1. The highest BCUT2D eigenvalue weighted by Crippen LogP contribution is 2.45. The Morgan fingerprint density at radius 3 is 1.15 bits per heavy atom. The molecule has 152 valence electrons. The molecule has 0 saturated carbocycles. The summed E-state index contributed by atoms with van der Waals surface area (Å²) in [5, 5.41) is 1.80. The van der Waals surface area contributed by atoms with Gasteiger partial charge in [-0.1, -0.05) is 89.2 Å². The molecule has 0 spiro atoms. The Labute approximate surface area is 171 Å². The van der Waals surface area contributed by atoms with E-state index in [1.165, 1.54) is 0 Å². The second-order valence-corrected chi connectivity index (χ2v) is 23.7. The summed E-state index contributed by atoms with van der Waals surface area (Å²) >= 11 is 2.18. The van der Waals surface area contributed by atoms with Gasteiger partial charge in [0.15, 0.2) is 0 Å². The van der Waals surface area contributed by atoms with Crippen molar-refractivity contribution in [2.45, 2.75) is 123 Å². The molecule has 0 aliphatic heterocycles. The predicted octanol–water partition coefficient (Wildman–Crippen LogP) is 7.83. The molecule has 0 N–H and O–H groups in total. The number of hydrogen-bond donors (Lipinski definition) is 0. The maximum atomic E-state index is 2.76. The molecule has 3 heteroatoms. The molecule has 0 radical (unpaired) electrons. The molecule has 0 aliphatic carbocycles. The zero-order valence-electron chi connectivity index (χ0n) is 19.9. The van der Waals surface area contributed by atoms with Gasteiger partial charge in [0.05, 0.1) is 8.07 Å². The Morgan fingerprint density at radius 2 is 0.885 bits per heavy atom. The van der Waals surface area contributed by atoms with Crippen LogP contribution in [0.2, 0.25) is 33.2 Å². The summed E-state index contributed by atoms with van der Waals surface area (Å²) in [7, 11) is -3.13. The smallest absolute Gasteiger partial charge is 0.107 e. The van der Waals surface area contributed by atoms with Crippen LogP contribution >= 0.6 is 11.3 Å². The summed E-state index contributed by atoms with van der Waals surface area (Å²) in [5.41, 5.74) is 4.75. The third kappa shape index (κ3) is 3.57. The Hall–Kier alpha value is 0.134. The maximum Gasteiger partial charge on any atom is 0.107 e. The van der Waals surface area contributed by atoms with E-state index in [2.05, 4.69) is 107 Å². The Kier molecular flexibility index (Phi) is 8.04. The van der Waals surface area contributed by atoms with E-state index in [4.69, 9.17) is 0 Å². The highest BCUT2D eigenvalue weighted by molar-refractivity contribution is 7.29. The molecule has 0 atom stereocenters. The molecule has 26 heavy (non-hydrogen) atoms. The lowest BCUT2D eigenvalue weighted by atomic mass is 10.5. The van der Waals surface area contributed by atoms with Crippen LogP contribution in [0, 0.1) is 6.92 Å². The largest absolute Gasteiger partial charge is 0.150 e. The summed E-state index contributed by atoms with van der Waals surface area (Å²) < 4.78 is 1.80. The van der Waals surface area contributed by atoms with Gasteiger partial charge in [-0.25, -0.2) is 0 Å². The van der Waals surface area contributed by atoms with Crippen LogP contribution < -0.4 is 9.69 Å². The normalized spacial score (nSPS) is 14.1. The molecule has 0 aliphatic rings. The molecule has 0 nitrogen and oxygen atoms in total. The van der Waals surface area contributed by atoms with Crippen LogP contribution in [0.4, 0.5) is 0 Å². The van der Waals surface area contributed by atoms with Crippen molar-refractivity contribution < 1.29 is 0 Å². The van der Waals surface area contributed by atoms with Gasteiger partial charge in [0.1, 0.15) is 8.07 Å². The van der Waals surface area contributed by atoms with Gasteiger partial charge >= 0.3 is 0 Å². The minimum atomic E-state index is -1.58. The number of thiophene rings is 1. The quantitative estimate of drug-likeness (QED) is 0.383. The van der Waals surface area contributed by atoms with E-state index in [0.29, 0.717) is 0 Å². The summed E-state index contributed by atoms with van der Waals surface area (Å²) in [4.78, 5) is 1.64. The fourth-order valence-electron chi connectivity index (χ4n) is 6.91. The van der Waals surface area contributed by atoms with Gasteiger partial charge in [0, 0.05) is 4.88 Å². The van der Waals surface area contributed by atoms with Crippen LogP contribution in [0.5, 0.6) is 0 Å². The van der Waals surface area contributed by atoms with Gasteiger partial charge in [0.2, 0.25) is 0 Å². The monoisotopic (exact) mass is 410 g/mol. The first kappa shape index (κ1) is 24.2. The topological polar surface area (TPSA) is 0 Å². The minimum Gasteiger partial charge on any atom is -0.150 e. The molecule has 0 saturated heterocycles.